The quantitative estimate of drug-likeness (QED) is 0.587. The van der Waals surface area contributed by atoms with Crippen molar-refractivity contribution in [2.45, 2.75) is 58.3 Å². The minimum Gasteiger partial charge on any atom is -0.198 e. The topological polar surface area (TPSA) is 23.8 Å². The van der Waals surface area contributed by atoms with Crippen LogP contribution < -0.4 is 0 Å². The molecular weight excluding hydrogens is 158 g/mol. The fraction of sp³-hybridized carbons (Fsp3) is 0.917. The van der Waals surface area contributed by atoms with Crippen LogP contribution in [0.2, 0.25) is 0 Å². The Morgan fingerprint density at radius 1 is 1.23 bits per heavy atom. The molecule has 2 unspecified atom stereocenters. The normalized spacial score (nSPS) is 27.4. The van der Waals surface area contributed by atoms with Crippen LogP contribution in [0.1, 0.15) is 58.3 Å². The zero-order chi connectivity index (χ0) is 9.52. The van der Waals surface area contributed by atoms with Gasteiger partial charge < -0.3 is 0 Å². The van der Waals surface area contributed by atoms with E-state index in [1.807, 2.05) is 0 Å². The lowest BCUT2D eigenvalue weighted by molar-refractivity contribution is 0.441. The molecule has 0 aromatic heterocycles. The van der Waals surface area contributed by atoms with Gasteiger partial charge in [0.05, 0.1) is 6.07 Å². The van der Waals surface area contributed by atoms with Crippen molar-refractivity contribution in [2.75, 3.05) is 0 Å². The Kier molecular flexibility index (Phi) is 4.90. The standard InChI is InChI=1S/C12H21N/c1-2-11-7-8-12(10-11)6-4-3-5-9-13/h11-12H,2-8,10H2,1H3. The molecule has 74 valence electrons. The predicted molar refractivity (Wildman–Crippen MR) is 55.2 cm³/mol. The first-order chi connectivity index (χ1) is 6.36. The molecule has 1 rings (SSSR count). The summed E-state index contributed by atoms with van der Waals surface area (Å²) in [6.45, 7) is 2.31. The van der Waals surface area contributed by atoms with Crippen LogP contribution in [0.5, 0.6) is 0 Å². The molecule has 1 saturated carbocycles. The summed E-state index contributed by atoms with van der Waals surface area (Å²) < 4.78 is 0. The number of unbranched alkanes of at least 4 members (excludes halogenated alkanes) is 2. The molecule has 0 aromatic carbocycles. The van der Waals surface area contributed by atoms with E-state index in [-0.39, 0.29) is 0 Å². The summed E-state index contributed by atoms with van der Waals surface area (Å²) >= 11 is 0. The Labute approximate surface area is 82.1 Å². The monoisotopic (exact) mass is 179 g/mol. The molecule has 0 spiro atoms. The maximum absolute atomic E-state index is 8.39. The van der Waals surface area contributed by atoms with Crippen molar-refractivity contribution in [1.82, 2.24) is 0 Å². The van der Waals surface area contributed by atoms with Gasteiger partial charge in [-0.2, -0.15) is 5.26 Å². The average Bonchev–Trinajstić information content (AvgIpc) is 2.60. The minimum atomic E-state index is 0.754. The van der Waals surface area contributed by atoms with Gasteiger partial charge in [0.2, 0.25) is 0 Å². The molecule has 1 aliphatic rings. The maximum atomic E-state index is 8.39. The second kappa shape index (κ2) is 6.02. The van der Waals surface area contributed by atoms with E-state index in [0.717, 1.165) is 24.7 Å². The van der Waals surface area contributed by atoms with Crippen LogP contribution in [0.4, 0.5) is 0 Å². The van der Waals surface area contributed by atoms with E-state index in [0.29, 0.717) is 0 Å². The Morgan fingerprint density at radius 2 is 2.00 bits per heavy atom. The van der Waals surface area contributed by atoms with Crippen molar-refractivity contribution in [3.63, 3.8) is 0 Å². The van der Waals surface area contributed by atoms with Crippen LogP contribution in [-0.4, -0.2) is 0 Å². The van der Waals surface area contributed by atoms with Gasteiger partial charge in [-0.15, -0.1) is 0 Å². The number of hydrogen-bond donors (Lipinski definition) is 0. The fourth-order valence-electron chi connectivity index (χ4n) is 2.45. The highest BCUT2D eigenvalue weighted by atomic mass is 14.3. The van der Waals surface area contributed by atoms with Crippen molar-refractivity contribution >= 4 is 0 Å². The maximum Gasteiger partial charge on any atom is 0.0621 e. The first-order valence-electron chi connectivity index (χ1n) is 5.73. The molecule has 0 saturated heterocycles. The summed E-state index contributed by atoms with van der Waals surface area (Å²) in [5.41, 5.74) is 0. The summed E-state index contributed by atoms with van der Waals surface area (Å²) in [5, 5.41) is 8.39. The summed E-state index contributed by atoms with van der Waals surface area (Å²) in [4.78, 5) is 0. The second-order valence-electron chi connectivity index (χ2n) is 4.36. The largest absolute Gasteiger partial charge is 0.198 e. The van der Waals surface area contributed by atoms with E-state index in [2.05, 4.69) is 13.0 Å². The van der Waals surface area contributed by atoms with Crippen molar-refractivity contribution in [1.29, 1.82) is 5.26 Å². The van der Waals surface area contributed by atoms with Gasteiger partial charge in [0.1, 0.15) is 0 Å². The Morgan fingerprint density at radius 3 is 2.62 bits per heavy atom. The highest BCUT2D eigenvalue weighted by Crippen LogP contribution is 2.35. The predicted octanol–water partition coefficient (Wildman–Crippen LogP) is 3.90. The molecule has 0 heterocycles. The van der Waals surface area contributed by atoms with Gasteiger partial charge in [0.15, 0.2) is 0 Å². The second-order valence-corrected chi connectivity index (χ2v) is 4.36. The van der Waals surface area contributed by atoms with Crippen LogP contribution in [0.3, 0.4) is 0 Å². The van der Waals surface area contributed by atoms with E-state index in [1.165, 1.54) is 38.5 Å². The molecule has 1 fully saturated rings. The van der Waals surface area contributed by atoms with Crippen molar-refractivity contribution in [3.05, 3.63) is 0 Å². The number of rotatable bonds is 5. The lowest BCUT2D eigenvalue weighted by Crippen LogP contribution is -1.95. The molecule has 0 bridgehead atoms. The van der Waals surface area contributed by atoms with Gasteiger partial charge >= 0.3 is 0 Å². The summed E-state index contributed by atoms with van der Waals surface area (Å²) in [6, 6.07) is 2.21. The average molecular weight is 179 g/mol. The lowest BCUT2D eigenvalue weighted by Gasteiger charge is -2.08. The molecular formula is C12H21N. The summed E-state index contributed by atoms with van der Waals surface area (Å²) in [7, 11) is 0. The van der Waals surface area contributed by atoms with Gasteiger partial charge in [-0.05, 0) is 24.7 Å². The van der Waals surface area contributed by atoms with Crippen LogP contribution in [0, 0.1) is 23.2 Å². The van der Waals surface area contributed by atoms with Gasteiger partial charge in [-0.3, -0.25) is 0 Å². The fourth-order valence-corrected chi connectivity index (χ4v) is 2.45. The lowest BCUT2D eigenvalue weighted by atomic mass is 9.97. The van der Waals surface area contributed by atoms with Crippen LogP contribution >= 0.6 is 0 Å². The molecule has 0 aromatic rings. The third kappa shape index (κ3) is 3.81. The number of nitriles is 1. The van der Waals surface area contributed by atoms with Gasteiger partial charge in [0.25, 0.3) is 0 Å². The molecule has 0 N–H and O–H groups in total. The first-order valence-corrected chi connectivity index (χ1v) is 5.73. The third-order valence-electron chi connectivity index (χ3n) is 3.38. The molecule has 0 amide bonds. The van der Waals surface area contributed by atoms with E-state index in [1.54, 1.807) is 0 Å². The van der Waals surface area contributed by atoms with Crippen LogP contribution in [-0.2, 0) is 0 Å². The van der Waals surface area contributed by atoms with Gasteiger partial charge in [0, 0.05) is 6.42 Å². The van der Waals surface area contributed by atoms with Crippen LogP contribution in [0.25, 0.3) is 0 Å². The SMILES string of the molecule is CCC1CCC(CCCCC#N)C1. The van der Waals surface area contributed by atoms with E-state index in [9.17, 15) is 0 Å². The zero-order valence-electron chi connectivity index (χ0n) is 8.76. The summed E-state index contributed by atoms with van der Waals surface area (Å²) in [6.07, 6.45) is 10.3. The van der Waals surface area contributed by atoms with Crippen molar-refractivity contribution in [2.24, 2.45) is 11.8 Å². The highest BCUT2D eigenvalue weighted by Gasteiger charge is 2.22. The highest BCUT2D eigenvalue weighted by molar-refractivity contribution is 4.75. The molecule has 13 heavy (non-hydrogen) atoms. The molecule has 1 aliphatic carbocycles. The molecule has 1 heteroatoms. The Bertz CT molecular complexity index is 168. The zero-order valence-corrected chi connectivity index (χ0v) is 8.76. The van der Waals surface area contributed by atoms with E-state index in [4.69, 9.17) is 5.26 Å². The Balaban J connectivity index is 2.01. The number of hydrogen-bond acceptors (Lipinski definition) is 1. The summed E-state index contributed by atoms with van der Waals surface area (Å²) in [5.74, 6) is 2.00. The van der Waals surface area contributed by atoms with Crippen LogP contribution in [0.15, 0.2) is 0 Å². The van der Waals surface area contributed by atoms with E-state index >= 15 is 0 Å². The molecule has 2 atom stereocenters. The van der Waals surface area contributed by atoms with Crippen molar-refractivity contribution < 1.29 is 0 Å². The first kappa shape index (κ1) is 10.6. The minimum absolute atomic E-state index is 0.754. The van der Waals surface area contributed by atoms with E-state index < -0.39 is 0 Å². The number of nitrogens with zero attached hydrogens (tertiary/aromatic N) is 1. The molecule has 0 radical (unpaired) electrons. The molecule has 1 nitrogen and oxygen atoms in total. The van der Waals surface area contributed by atoms with Gasteiger partial charge in [-0.1, -0.05) is 39.0 Å². The Hall–Kier alpha value is -0.510. The van der Waals surface area contributed by atoms with Gasteiger partial charge in [-0.25, -0.2) is 0 Å². The smallest absolute Gasteiger partial charge is 0.0621 e. The third-order valence-corrected chi connectivity index (χ3v) is 3.38. The van der Waals surface area contributed by atoms with Crippen molar-refractivity contribution in [3.8, 4) is 6.07 Å². The molecule has 0 aliphatic heterocycles.